The first-order valence-electron chi connectivity index (χ1n) is 22.5. The van der Waals surface area contributed by atoms with Crippen molar-refractivity contribution in [3.05, 3.63) is 36.5 Å². The molecule has 1 aliphatic carbocycles. The fraction of sp³-hybridized carbons (Fsp3) is 0.791. The van der Waals surface area contributed by atoms with Crippen molar-refractivity contribution in [2.45, 2.75) is 204 Å². The Labute approximate surface area is 368 Å². The Balaban J connectivity index is 2.66. The lowest BCUT2D eigenvalue weighted by atomic mass is 9.85. The Bertz CT molecular complexity index is 1420. The van der Waals surface area contributed by atoms with Gasteiger partial charge in [-0.05, 0) is 63.9 Å². The van der Waals surface area contributed by atoms with Crippen LogP contribution in [0.2, 0.25) is 0 Å². The monoisotopic (exact) mass is 926 g/mol. The van der Waals surface area contributed by atoms with Crippen LogP contribution in [0.3, 0.4) is 0 Å². The second-order valence-electron chi connectivity index (χ2n) is 15.8. The SMILES string of the molecule is CCCCCC/C=C\CCCCCCCC(=O)OC[C@H](COP(=O)(O)O[C@H]1C(O)C(O)C(O)[C@@H](OP(=O)(O)O)C1O)OC(=O)CCCCCCC/C=C\C=C\C(=O)CCCCC. The number of esters is 2. The van der Waals surface area contributed by atoms with E-state index in [0.717, 1.165) is 89.9 Å². The zero-order chi connectivity index (χ0) is 46.2. The van der Waals surface area contributed by atoms with Gasteiger partial charge in [0.05, 0.1) is 6.61 Å². The number of ether oxygens (including phenoxy) is 2. The first kappa shape index (κ1) is 57.9. The van der Waals surface area contributed by atoms with E-state index in [-0.39, 0.29) is 18.6 Å². The lowest BCUT2D eigenvalue weighted by molar-refractivity contribution is -0.216. The number of rotatable bonds is 37. The molecule has 1 saturated carbocycles. The summed E-state index contributed by atoms with van der Waals surface area (Å²) < 4.78 is 49.2. The van der Waals surface area contributed by atoms with Crippen LogP contribution in [0.25, 0.3) is 0 Å². The van der Waals surface area contributed by atoms with E-state index in [1.807, 2.05) is 12.2 Å². The Morgan fingerprint density at radius 2 is 1.03 bits per heavy atom. The highest BCUT2D eigenvalue weighted by molar-refractivity contribution is 7.47. The first-order valence-corrected chi connectivity index (χ1v) is 25.5. The molecule has 0 aromatic carbocycles. The second-order valence-corrected chi connectivity index (χ2v) is 18.4. The van der Waals surface area contributed by atoms with Gasteiger partial charge in [-0.1, -0.05) is 115 Å². The normalized spacial score (nSPS) is 22.3. The van der Waals surface area contributed by atoms with Gasteiger partial charge < -0.3 is 44.6 Å². The predicted molar refractivity (Wildman–Crippen MR) is 232 cm³/mol. The summed E-state index contributed by atoms with van der Waals surface area (Å²) in [6, 6.07) is 0. The fourth-order valence-electron chi connectivity index (χ4n) is 6.59. The summed E-state index contributed by atoms with van der Waals surface area (Å²) in [7, 11) is -10.7. The molecule has 1 fully saturated rings. The summed E-state index contributed by atoms with van der Waals surface area (Å²) in [6.45, 7) is 2.89. The minimum Gasteiger partial charge on any atom is -0.462 e. The van der Waals surface area contributed by atoms with Crippen LogP contribution >= 0.6 is 15.6 Å². The maximum absolute atomic E-state index is 13.0. The van der Waals surface area contributed by atoms with E-state index in [9.17, 15) is 48.8 Å². The number of carbonyl (C=O) groups excluding carboxylic acids is 3. The Hall–Kier alpha value is -2.11. The molecule has 0 heterocycles. The third-order valence-electron chi connectivity index (χ3n) is 10.2. The molecule has 0 radical (unpaired) electrons. The third-order valence-corrected chi connectivity index (χ3v) is 11.7. The standard InChI is InChI=1S/C43H76O17P2/c1-3-5-7-8-9-10-11-12-13-16-19-22-26-30-36(45)56-32-35(58-37(46)31-27-23-20-17-14-15-18-21-25-29-34(44)28-24-6-4-2)33-57-62(54,55)60-43-40(49)38(47)39(48)42(41(43)50)59-61(51,52)53/h10-11,18,21,25,29,35,38-43,47-50H,3-9,12-17,19-20,22-24,26-28,30-33H2,1-2H3,(H,54,55)(H2,51,52,53)/b11-10-,21-18-,29-25+/t35-,38?,39?,40?,41?,42-,43+/m1/s1. The van der Waals surface area contributed by atoms with Crippen LogP contribution in [0.15, 0.2) is 36.5 Å². The summed E-state index contributed by atoms with van der Waals surface area (Å²) >= 11 is 0. The van der Waals surface area contributed by atoms with E-state index in [1.54, 1.807) is 12.2 Å². The number of phosphoric acid groups is 2. The molecule has 0 aromatic rings. The zero-order valence-electron chi connectivity index (χ0n) is 36.8. The quantitative estimate of drug-likeness (QED) is 0.00815. The lowest BCUT2D eigenvalue weighted by Gasteiger charge is -2.43. The molecule has 62 heavy (non-hydrogen) atoms. The second kappa shape index (κ2) is 34.3. The van der Waals surface area contributed by atoms with Crippen molar-refractivity contribution in [3.8, 4) is 0 Å². The van der Waals surface area contributed by atoms with Gasteiger partial charge in [0, 0.05) is 19.3 Å². The molecule has 0 bridgehead atoms. The molecule has 1 aliphatic rings. The number of aliphatic hydroxyl groups excluding tert-OH is 4. The first-order chi connectivity index (χ1) is 29.5. The summed E-state index contributed by atoms with van der Waals surface area (Å²) in [5.41, 5.74) is 0. The van der Waals surface area contributed by atoms with Gasteiger partial charge in [0.15, 0.2) is 11.9 Å². The van der Waals surface area contributed by atoms with Crippen molar-refractivity contribution in [1.29, 1.82) is 0 Å². The van der Waals surface area contributed by atoms with Crippen molar-refractivity contribution in [2.24, 2.45) is 0 Å². The molecule has 0 saturated heterocycles. The van der Waals surface area contributed by atoms with Crippen LogP contribution in [-0.4, -0.2) is 109 Å². The van der Waals surface area contributed by atoms with Gasteiger partial charge in [0.25, 0.3) is 0 Å². The lowest BCUT2D eigenvalue weighted by Crippen LogP contribution is -2.64. The molecule has 0 aliphatic heterocycles. The average molecular weight is 927 g/mol. The van der Waals surface area contributed by atoms with Crippen LogP contribution in [0.4, 0.5) is 0 Å². The molecular formula is C43H76O17P2. The maximum atomic E-state index is 13.0. The van der Waals surface area contributed by atoms with Crippen LogP contribution in [0.5, 0.6) is 0 Å². The van der Waals surface area contributed by atoms with Gasteiger partial charge in [-0.25, -0.2) is 9.13 Å². The van der Waals surface area contributed by atoms with Gasteiger partial charge >= 0.3 is 27.6 Å². The average Bonchev–Trinajstić information content (AvgIpc) is 3.22. The van der Waals surface area contributed by atoms with Gasteiger partial charge in [-0.15, -0.1) is 0 Å². The minimum atomic E-state index is -5.37. The molecule has 0 amide bonds. The van der Waals surface area contributed by atoms with Gasteiger partial charge in [-0.3, -0.25) is 28.0 Å². The van der Waals surface area contributed by atoms with E-state index in [1.165, 1.54) is 25.7 Å². The molecule has 7 N–H and O–H groups in total. The number of allylic oxidation sites excluding steroid dienone is 6. The largest absolute Gasteiger partial charge is 0.472 e. The number of carbonyl (C=O) groups is 3. The minimum absolute atomic E-state index is 0.00883. The van der Waals surface area contributed by atoms with Crippen molar-refractivity contribution in [1.82, 2.24) is 0 Å². The van der Waals surface area contributed by atoms with Crippen molar-refractivity contribution in [2.75, 3.05) is 13.2 Å². The van der Waals surface area contributed by atoms with Crippen molar-refractivity contribution < 1.29 is 81.7 Å². The zero-order valence-corrected chi connectivity index (χ0v) is 38.6. The van der Waals surface area contributed by atoms with Gasteiger partial charge in [-0.2, -0.15) is 0 Å². The van der Waals surface area contributed by atoms with Crippen LogP contribution in [0.1, 0.15) is 162 Å². The molecular weight excluding hydrogens is 850 g/mol. The van der Waals surface area contributed by atoms with E-state index in [0.29, 0.717) is 19.3 Å². The Kier molecular flexibility index (Phi) is 32.0. The molecule has 0 spiro atoms. The Morgan fingerprint density at radius 1 is 0.548 bits per heavy atom. The van der Waals surface area contributed by atoms with E-state index >= 15 is 0 Å². The number of ketones is 1. The number of phosphoric ester groups is 2. The molecule has 360 valence electrons. The highest BCUT2D eigenvalue weighted by atomic mass is 31.2. The smallest absolute Gasteiger partial charge is 0.462 e. The van der Waals surface area contributed by atoms with Crippen LogP contribution in [0, 0.1) is 0 Å². The van der Waals surface area contributed by atoms with E-state index in [4.69, 9.17) is 28.3 Å². The summed E-state index contributed by atoms with van der Waals surface area (Å²) in [4.78, 5) is 65.9. The summed E-state index contributed by atoms with van der Waals surface area (Å²) in [6.07, 6.45) is 16.6. The van der Waals surface area contributed by atoms with E-state index in [2.05, 4.69) is 30.5 Å². The molecule has 8 atom stereocenters. The maximum Gasteiger partial charge on any atom is 0.472 e. The van der Waals surface area contributed by atoms with Crippen LogP contribution < -0.4 is 0 Å². The molecule has 1 rings (SSSR count). The predicted octanol–water partition coefficient (Wildman–Crippen LogP) is 7.13. The molecule has 5 unspecified atom stereocenters. The molecule has 17 nitrogen and oxygen atoms in total. The summed E-state index contributed by atoms with van der Waals surface area (Å²) in [5, 5.41) is 41.2. The number of hydrogen-bond acceptors (Lipinski definition) is 14. The molecule has 0 aromatic heterocycles. The Morgan fingerprint density at radius 3 is 1.61 bits per heavy atom. The van der Waals surface area contributed by atoms with E-state index < -0.39 is 83.5 Å². The van der Waals surface area contributed by atoms with Gasteiger partial charge in [0.2, 0.25) is 0 Å². The molecule has 19 heteroatoms. The number of hydrogen-bond donors (Lipinski definition) is 7. The number of unbranched alkanes of at least 4 members (excludes halogenated alkanes) is 16. The summed E-state index contributed by atoms with van der Waals surface area (Å²) in [5.74, 6) is -1.16. The highest BCUT2D eigenvalue weighted by Crippen LogP contribution is 2.49. The third kappa shape index (κ3) is 28.6. The van der Waals surface area contributed by atoms with Crippen molar-refractivity contribution >= 4 is 33.4 Å². The highest BCUT2D eigenvalue weighted by Gasteiger charge is 2.54. The van der Waals surface area contributed by atoms with Crippen LogP contribution in [-0.2, 0) is 46.6 Å². The van der Waals surface area contributed by atoms with Gasteiger partial charge in [0.1, 0.15) is 43.2 Å². The topological polar surface area (TPSA) is 273 Å². The number of aliphatic hydroxyl groups is 4. The van der Waals surface area contributed by atoms with Crippen molar-refractivity contribution in [3.63, 3.8) is 0 Å². The fourth-order valence-corrected chi connectivity index (χ4v) is 8.13.